The minimum atomic E-state index is -0.316. The van der Waals surface area contributed by atoms with Gasteiger partial charge in [0.05, 0.1) is 10.8 Å². The number of hydrogen-bond donors (Lipinski definition) is 1. The lowest BCUT2D eigenvalue weighted by Crippen LogP contribution is -2.22. The van der Waals surface area contributed by atoms with Crippen LogP contribution < -0.4 is 5.32 Å². The first-order valence-corrected chi connectivity index (χ1v) is 8.38. The van der Waals surface area contributed by atoms with E-state index >= 15 is 0 Å². The monoisotopic (exact) mass is 332 g/mol. The van der Waals surface area contributed by atoms with E-state index < -0.39 is 0 Å². The molecule has 2 aromatic rings. The summed E-state index contributed by atoms with van der Waals surface area (Å²) in [5.74, 6) is -0.140. The number of amides is 1. The highest BCUT2D eigenvalue weighted by atomic mass is 32.2. The van der Waals surface area contributed by atoms with E-state index in [1.165, 1.54) is 29.4 Å². The second-order valence-corrected chi connectivity index (χ2v) is 7.43. The van der Waals surface area contributed by atoms with Crippen molar-refractivity contribution in [1.29, 1.82) is 5.26 Å². The summed E-state index contributed by atoms with van der Waals surface area (Å²) in [5, 5.41) is 13.1. The third-order valence-corrected chi connectivity index (χ3v) is 5.33. The zero-order chi connectivity index (χ0) is 16.3. The summed E-state index contributed by atoms with van der Waals surface area (Å²) in [4.78, 5) is 21.5. The molecule has 5 nitrogen and oxygen atoms in total. The van der Waals surface area contributed by atoms with Crippen LogP contribution in [0.25, 0.3) is 0 Å². The molecular weight excluding hydrogens is 316 g/mol. The SMILES string of the molecule is Cc1cc(SC(C)C(=O)Nc2sc(C)c(C)c2C#N)ncn1. The maximum absolute atomic E-state index is 12.3. The van der Waals surface area contributed by atoms with Crippen LogP contribution in [-0.4, -0.2) is 21.1 Å². The van der Waals surface area contributed by atoms with Crippen molar-refractivity contribution in [2.45, 2.75) is 38.0 Å². The van der Waals surface area contributed by atoms with E-state index in [9.17, 15) is 10.1 Å². The van der Waals surface area contributed by atoms with Crippen molar-refractivity contribution >= 4 is 34.0 Å². The molecule has 2 aromatic heterocycles. The van der Waals surface area contributed by atoms with Gasteiger partial charge in [0.15, 0.2) is 0 Å². The predicted molar refractivity (Wildman–Crippen MR) is 89.2 cm³/mol. The quantitative estimate of drug-likeness (QED) is 0.685. The number of carbonyl (C=O) groups is 1. The van der Waals surface area contributed by atoms with Crippen LogP contribution >= 0.6 is 23.1 Å². The van der Waals surface area contributed by atoms with E-state index in [4.69, 9.17) is 0 Å². The molecule has 114 valence electrons. The van der Waals surface area contributed by atoms with Crippen LogP contribution in [0.15, 0.2) is 17.4 Å². The zero-order valence-corrected chi connectivity index (χ0v) is 14.4. The fourth-order valence-electron chi connectivity index (χ4n) is 1.79. The molecule has 0 aromatic carbocycles. The highest BCUT2D eigenvalue weighted by Gasteiger charge is 2.19. The number of nitriles is 1. The topological polar surface area (TPSA) is 78.7 Å². The highest BCUT2D eigenvalue weighted by Crippen LogP contribution is 2.32. The smallest absolute Gasteiger partial charge is 0.238 e. The van der Waals surface area contributed by atoms with E-state index in [1.54, 1.807) is 0 Å². The molecule has 1 N–H and O–H groups in total. The summed E-state index contributed by atoms with van der Waals surface area (Å²) in [5.41, 5.74) is 2.34. The normalized spacial score (nSPS) is 11.8. The maximum atomic E-state index is 12.3. The summed E-state index contributed by atoms with van der Waals surface area (Å²) in [7, 11) is 0. The van der Waals surface area contributed by atoms with E-state index in [0.717, 1.165) is 21.2 Å². The molecule has 0 saturated heterocycles. The average Bonchev–Trinajstić information content (AvgIpc) is 2.73. The van der Waals surface area contributed by atoms with Crippen molar-refractivity contribution < 1.29 is 4.79 Å². The van der Waals surface area contributed by atoms with Gasteiger partial charge in [-0.2, -0.15) is 5.26 Å². The van der Waals surface area contributed by atoms with Gasteiger partial charge in [-0.05, 0) is 39.3 Å². The number of hydrogen-bond acceptors (Lipinski definition) is 6. The number of carbonyl (C=O) groups excluding carboxylic acids is 1. The van der Waals surface area contributed by atoms with Crippen molar-refractivity contribution in [2.24, 2.45) is 0 Å². The molecular formula is C15H16N4OS2. The van der Waals surface area contributed by atoms with Gasteiger partial charge in [-0.15, -0.1) is 11.3 Å². The number of aryl methyl sites for hydroxylation is 2. The van der Waals surface area contributed by atoms with Gasteiger partial charge in [-0.25, -0.2) is 9.97 Å². The van der Waals surface area contributed by atoms with Crippen LogP contribution in [0, 0.1) is 32.1 Å². The number of thioether (sulfide) groups is 1. The molecule has 2 rings (SSSR count). The summed E-state index contributed by atoms with van der Waals surface area (Å²) < 4.78 is 0. The molecule has 0 aliphatic rings. The molecule has 1 amide bonds. The molecule has 0 spiro atoms. The minimum absolute atomic E-state index is 0.140. The number of anilines is 1. The molecule has 0 aliphatic carbocycles. The molecule has 1 unspecified atom stereocenters. The Morgan fingerprint density at radius 3 is 2.77 bits per heavy atom. The first-order valence-electron chi connectivity index (χ1n) is 6.68. The molecule has 0 fully saturated rings. The van der Waals surface area contributed by atoms with Crippen LogP contribution in [0.4, 0.5) is 5.00 Å². The number of nitrogens with one attached hydrogen (secondary N) is 1. The van der Waals surface area contributed by atoms with Gasteiger partial charge in [0.1, 0.15) is 22.4 Å². The highest BCUT2D eigenvalue weighted by molar-refractivity contribution is 8.00. The first kappa shape index (κ1) is 16.5. The summed E-state index contributed by atoms with van der Waals surface area (Å²) >= 11 is 2.80. The van der Waals surface area contributed by atoms with Crippen LogP contribution in [-0.2, 0) is 4.79 Å². The first-order chi connectivity index (χ1) is 10.4. The molecule has 22 heavy (non-hydrogen) atoms. The molecule has 0 saturated carbocycles. The Morgan fingerprint density at radius 2 is 2.14 bits per heavy atom. The van der Waals surface area contributed by atoms with Crippen molar-refractivity contribution in [1.82, 2.24) is 9.97 Å². The average molecular weight is 332 g/mol. The third-order valence-electron chi connectivity index (χ3n) is 3.18. The van der Waals surface area contributed by atoms with Gasteiger partial charge in [0.25, 0.3) is 0 Å². The lowest BCUT2D eigenvalue weighted by molar-refractivity contribution is -0.115. The van der Waals surface area contributed by atoms with Crippen LogP contribution in [0.3, 0.4) is 0 Å². The Kier molecular flexibility index (Phi) is 5.16. The molecule has 1 atom stereocenters. The summed E-state index contributed by atoms with van der Waals surface area (Å²) in [6.07, 6.45) is 1.49. The number of aromatic nitrogens is 2. The van der Waals surface area contributed by atoms with Gasteiger partial charge in [-0.3, -0.25) is 4.79 Å². The van der Waals surface area contributed by atoms with Crippen LogP contribution in [0.2, 0.25) is 0 Å². The molecule has 0 bridgehead atoms. The molecule has 2 heterocycles. The van der Waals surface area contributed by atoms with E-state index in [0.29, 0.717) is 10.6 Å². The van der Waals surface area contributed by atoms with Gasteiger partial charge >= 0.3 is 0 Å². The summed E-state index contributed by atoms with van der Waals surface area (Å²) in [6.45, 7) is 7.53. The maximum Gasteiger partial charge on any atom is 0.238 e. The lowest BCUT2D eigenvalue weighted by atomic mass is 10.2. The van der Waals surface area contributed by atoms with E-state index in [2.05, 4.69) is 21.4 Å². The molecule has 0 radical (unpaired) electrons. The van der Waals surface area contributed by atoms with E-state index in [1.807, 2.05) is 33.8 Å². The predicted octanol–water partition coefficient (Wildman–Crippen LogP) is 3.45. The lowest BCUT2D eigenvalue weighted by Gasteiger charge is -2.10. The second-order valence-electron chi connectivity index (χ2n) is 4.85. The van der Waals surface area contributed by atoms with E-state index in [-0.39, 0.29) is 11.2 Å². The fourth-order valence-corrected chi connectivity index (χ4v) is 3.68. The minimum Gasteiger partial charge on any atom is -0.316 e. The Balaban J connectivity index is 2.09. The summed E-state index contributed by atoms with van der Waals surface area (Å²) in [6, 6.07) is 4.00. The number of nitrogens with zero attached hydrogens (tertiary/aromatic N) is 3. The van der Waals surface area contributed by atoms with Crippen LogP contribution in [0.5, 0.6) is 0 Å². The number of rotatable bonds is 4. The van der Waals surface area contributed by atoms with Gasteiger partial charge in [0, 0.05) is 10.6 Å². The van der Waals surface area contributed by atoms with Crippen molar-refractivity contribution in [2.75, 3.05) is 5.32 Å². The zero-order valence-electron chi connectivity index (χ0n) is 12.8. The Bertz CT molecular complexity index is 748. The van der Waals surface area contributed by atoms with Crippen molar-refractivity contribution in [3.8, 4) is 6.07 Å². The van der Waals surface area contributed by atoms with Crippen molar-refractivity contribution in [3.05, 3.63) is 34.1 Å². The second kappa shape index (κ2) is 6.90. The van der Waals surface area contributed by atoms with Crippen LogP contribution in [0.1, 0.15) is 28.6 Å². The van der Waals surface area contributed by atoms with Gasteiger partial charge in [-0.1, -0.05) is 11.8 Å². The third kappa shape index (κ3) is 3.64. The number of thiophene rings is 1. The molecule has 0 aliphatic heterocycles. The Hall–Kier alpha value is -1.91. The van der Waals surface area contributed by atoms with Crippen molar-refractivity contribution in [3.63, 3.8) is 0 Å². The Labute approximate surface area is 137 Å². The molecule has 7 heteroatoms. The fraction of sp³-hybridized carbons (Fsp3) is 0.333. The standard InChI is InChI=1S/C15H16N4OS2/c1-8-5-13(18-7-17-8)21-11(4)14(20)19-15-12(6-16)9(2)10(3)22-15/h5,7,11H,1-4H3,(H,19,20). The Morgan fingerprint density at radius 1 is 1.41 bits per heavy atom. The largest absolute Gasteiger partial charge is 0.316 e. The van der Waals surface area contributed by atoms with Gasteiger partial charge in [0.2, 0.25) is 5.91 Å². The van der Waals surface area contributed by atoms with Gasteiger partial charge < -0.3 is 5.32 Å².